The fourth-order valence-corrected chi connectivity index (χ4v) is 4.24. The Kier molecular flexibility index (Phi) is 9.03. The highest BCUT2D eigenvalue weighted by atomic mass is 16.6. The fourth-order valence-electron chi connectivity index (χ4n) is 4.24. The zero-order chi connectivity index (χ0) is 27.8. The molecule has 2 N–H and O–H groups in total. The number of imidazole rings is 1. The standard InChI is InChI=1S/C30H37N5O4/c1-30(2,3)39-29(37)34(17-18-38-4)16-15-24-19-25-26(27(32-24)31-20-22-11-7-5-8-12-22)33-28(36)35(25)21-23-13-9-6-10-14-23/h5-14,19H,15-18,20-21H2,1-4H3,(H,31,32)(H,33,36). The maximum absolute atomic E-state index is 13.1. The zero-order valence-corrected chi connectivity index (χ0v) is 23.1. The number of nitrogens with one attached hydrogen (secondary N) is 2. The normalized spacial score (nSPS) is 11.5. The third kappa shape index (κ3) is 7.70. The van der Waals surface area contributed by atoms with Gasteiger partial charge in [-0.05, 0) is 38.0 Å². The lowest BCUT2D eigenvalue weighted by molar-refractivity contribution is 0.0204. The van der Waals surface area contributed by atoms with Crippen molar-refractivity contribution in [2.75, 3.05) is 32.1 Å². The van der Waals surface area contributed by atoms with Crippen molar-refractivity contribution in [1.29, 1.82) is 0 Å². The van der Waals surface area contributed by atoms with Crippen LogP contribution in [0.3, 0.4) is 0 Å². The first-order chi connectivity index (χ1) is 18.7. The Balaban J connectivity index is 1.65. The highest BCUT2D eigenvalue weighted by molar-refractivity contribution is 5.86. The Labute approximate surface area is 228 Å². The molecule has 0 aliphatic carbocycles. The molecule has 2 heterocycles. The lowest BCUT2D eigenvalue weighted by atomic mass is 10.2. The van der Waals surface area contributed by atoms with Gasteiger partial charge in [0, 0.05) is 38.9 Å². The van der Waals surface area contributed by atoms with Crippen molar-refractivity contribution in [3.63, 3.8) is 0 Å². The molecule has 0 saturated carbocycles. The van der Waals surface area contributed by atoms with Gasteiger partial charge in [-0.2, -0.15) is 0 Å². The molecule has 0 unspecified atom stereocenters. The van der Waals surface area contributed by atoms with Gasteiger partial charge < -0.3 is 24.7 Å². The molecule has 9 nitrogen and oxygen atoms in total. The van der Waals surface area contributed by atoms with Crippen LogP contribution in [0.25, 0.3) is 11.0 Å². The van der Waals surface area contributed by atoms with Crippen LogP contribution in [0.1, 0.15) is 37.6 Å². The molecule has 0 spiro atoms. The van der Waals surface area contributed by atoms with Crippen molar-refractivity contribution in [3.8, 4) is 0 Å². The van der Waals surface area contributed by atoms with Crippen molar-refractivity contribution in [3.05, 3.63) is 94.0 Å². The maximum Gasteiger partial charge on any atom is 0.410 e. The van der Waals surface area contributed by atoms with Gasteiger partial charge in [-0.15, -0.1) is 0 Å². The molecular weight excluding hydrogens is 494 g/mol. The van der Waals surface area contributed by atoms with Crippen LogP contribution < -0.4 is 11.0 Å². The minimum absolute atomic E-state index is 0.203. The van der Waals surface area contributed by atoms with Crippen molar-refractivity contribution in [2.45, 2.75) is 45.9 Å². The van der Waals surface area contributed by atoms with Gasteiger partial charge in [0.1, 0.15) is 11.1 Å². The molecule has 2 aromatic heterocycles. The summed E-state index contributed by atoms with van der Waals surface area (Å²) in [4.78, 5) is 35.4. The first-order valence-electron chi connectivity index (χ1n) is 13.1. The molecule has 4 rings (SSSR count). The second-order valence-corrected chi connectivity index (χ2v) is 10.4. The zero-order valence-electron chi connectivity index (χ0n) is 23.1. The van der Waals surface area contributed by atoms with E-state index in [-0.39, 0.29) is 5.69 Å². The van der Waals surface area contributed by atoms with E-state index >= 15 is 0 Å². The molecule has 0 aliphatic rings. The summed E-state index contributed by atoms with van der Waals surface area (Å²) in [5.41, 5.74) is 3.47. The Morgan fingerprint density at radius 3 is 2.33 bits per heavy atom. The first kappa shape index (κ1) is 27.9. The number of aromatic nitrogens is 3. The van der Waals surface area contributed by atoms with Crippen molar-refractivity contribution in [1.82, 2.24) is 19.4 Å². The third-order valence-corrected chi connectivity index (χ3v) is 6.16. The molecular formula is C30H37N5O4. The summed E-state index contributed by atoms with van der Waals surface area (Å²) in [5, 5.41) is 3.40. The van der Waals surface area contributed by atoms with Crippen molar-refractivity contribution >= 4 is 22.9 Å². The molecule has 0 bridgehead atoms. The van der Waals surface area contributed by atoms with Crippen LogP contribution in [0.15, 0.2) is 71.5 Å². The number of hydrogen-bond donors (Lipinski definition) is 2. The predicted octanol–water partition coefficient (Wildman–Crippen LogP) is 4.81. The SMILES string of the molecule is COCCN(CCc1cc2c([nH]c(=O)n2Cc2ccccc2)c(NCc2ccccc2)n1)C(=O)OC(C)(C)C. The van der Waals surface area contributed by atoms with Gasteiger partial charge in [-0.3, -0.25) is 4.57 Å². The number of hydrogen-bond acceptors (Lipinski definition) is 6. The molecule has 0 aliphatic heterocycles. The van der Waals surface area contributed by atoms with Crippen molar-refractivity contribution < 1.29 is 14.3 Å². The number of carbonyl (C=O) groups is 1. The Morgan fingerprint density at radius 1 is 1.03 bits per heavy atom. The van der Waals surface area contributed by atoms with E-state index in [0.717, 1.165) is 22.3 Å². The van der Waals surface area contributed by atoms with Crippen LogP contribution in [0.5, 0.6) is 0 Å². The number of nitrogens with zero attached hydrogens (tertiary/aromatic N) is 3. The Bertz CT molecular complexity index is 1430. The van der Waals surface area contributed by atoms with E-state index in [1.807, 2.05) is 87.5 Å². The molecule has 2 aromatic carbocycles. The van der Waals surface area contributed by atoms with Gasteiger partial charge in [0.25, 0.3) is 0 Å². The number of benzene rings is 2. The first-order valence-corrected chi connectivity index (χ1v) is 13.1. The van der Waals surface area contributed by atoms with E-state index in [2.05, 4.69) is 10.3 Å². The third-order valence-electron chi connectivity index (χ3n) is 6.16. The fraction of sp³-hybridized carbons (Fsp3) is 0.367. The minimum Gasteiger partial charge on any atom is -0.444 e. The molecule has 0 saturated heterocycles. The van der Waals surface area contributed by atoms with Crippen molar-refractivity contribution in [2.24, 2.45) is 0 Å². The summed E-state index contributed by atoms with van der Waals surface area (Å²) in [6, 6.07) is 21.8. The van der Waals surface area contributed by atoms with Crippen LogP contribution in [-0.2, 0) is 29.0 Å². The van der Waals surface area contributed by atoms with Gasteiger partial charge in [0.15, 0.2) is 5.82 Å². The molecule has 9 heteroatoms. The van der Waals surface area contributed by atoms with Crippen LogP contribution in [0, 0.1) is 0 Å². The van der Waals surface area contributed by atoms with E-state index in [4.69, 9.17) is 14.5 Å². The van der Waals surface area contributed by atoms with E-state index in [9.17, 15) is 9.59 Å². The summed E-state index contributed by atoms with van der Waals surface area (Å²) in [5.74, 6) is 0.593. The highest BCUT2D eigenvalue weighted by Gasteiger charge is 2.22. The van der Waals surface area contributed by atoms with E-state index in [0.29, 0.717) is 50.5 Å². The smallest absolute Gasteiger partial charge is 0.410 e. The molecule has 0 fully saturated rings. The Hall–Kier alpha value is -4.11. The molecule has 0 atom stereocenters. The van der Waals surface area contributed by atoms with Gasteiger partial charge in [0.2, 0.25) is 0 Å². The van der Waals surface area contributed by atoms with E-state index in [1.165, 1.54) is 0 Å². The number of ether oxygens (including phenoxy) is 2. The van der Waals surface area contributed by atoms with Gasteiger partial charge in [-0.1, -0.05) is 60.7 Å². The average molecular weight is 532 g/mol. The van der Waals surface area contributed by atoms with E-state index in [1.54, 1.807) is 16.6 Å². The number of anilines is 1. The number of rotatable bonds is 11. The molecule has 4 aromatic rings. The van der Waals surface area contributed by atoms with Crippen LogP contribution in [-0.4, -0.2) is 57.9 Å². The second kappa shape index (κ2) is 12.6. The summed E-state index contributed by atoms with van der Waals surface area (Å²) >= 11 is 0. The number of methoxy groups -OCH3 is 1. The molecule has 39 heavy (non-hydrogen) atoms. The Morgan fingerprint density at radius 2 is 1.69 bits per heavy atom. The summed E-state index contributed by atoms with van der Waals surface area (Å²) < 4.78 is 12.5. The number of carbonyl (C=O) groups excluding carboxylic acids is 1. The summed E-state index contributed by atoms with van der Waals surface area (Å²) in [6.07, 6.45) is 0.0783. The monoisotopic (exact) mass is 531 g/mol. The number of amides is 1. The maximum atomic E-state index is 13.1. The van der Waals surface area contributed by atoms with Crippen LogP contribution >= 0.6 is 0 Å². The van der Waals surface area contributed by atoms with Crippen LogP contribution in [0.2, 0.25) is 0 Å². The van der Waals surface area contributed by atoms with E-state index < -0.39 is 11.7 Å². The molecule has 1 amide bonds. The van der Waals surface area contributed by atoms with Gasteiger partial charge in [0.05, 0.1) is 18.7 Å². The number of aromatic amines is 1. The second-order valence-electron chi connectivity index (χ2n) is 10.4. The lowest BCUT2D eigenvalue weighted by Gasteiger charge is -2.27. The number of fused-ring (bicyclic) bond motifs is 1. The van der Waals surface area contributed by atoms with Gasteiger partial charge >= 0.3 is 11.8 Å². The largest absolute Gasteiger partial charge is 0.444 e. The predicted molar refractivity (Wildman–Crippen MR) is 153 cm³/mol. The highest BCUT2D eigenvalue weighted by Crippen LogP contribution is 2.22. The average Bonchev–Trinajstić information content (AvgIpc) is 3.22. The molecule has 206 valence electrons. The summed E-state index contributed by atoms with van der Waals surface area (Å²) in [6.45, 7) is 7.70. The quantitative estimate of drug-likeness (QED) is 0.288. The van der Waals surface area contributed by atoms with Gasteiger partial charge in [-0.25, -0.2) is 14.6 Å². The minimum atomic E-state index is -0.604. The number of pyridine rings is 1. The lowest BCUT2D eigenvalue weighted by Crippen LogP contribution is -2.39. The topological polar surface area (TPSA) is 101 Å². The molecule has 0 radical (unpaired) electrons. The summed E-state index contributed by atoms with van der Waals surface area (Å²) in [7, 11) is 1.60. The van der Waals surface area contributed by atoms with Crippen LogP contribution in [0.4, 0.5) is 10.6 Å². The number of H-pyrrole nitrogens is 1.